The van der Waals surface area contributed by atoms with Crippen molar-refractivity contribution in [1.29, 1.82) is 0 Å². The van der Waals surface area contributed by atoms with Crippen LogP contribution in [0.2, 0.25) is 0 Å². The fourth-order valence-electron chi connectivity index (χ4n) is 3.14. The quantitative estimate of drug-likeness (QED) is 0.513. The molecule has 0 aliphatic carbocycles. The van der Waals surface area contributed by atoms with E-state index in [0.29, 0.717) is 22.8 Å². The maximum atomic E-state index is 13.2. The predicted octanol–water partition coefficient (Wildman–Crippen LogP) is 4.35. The second-order valence-corrected chi connectivity index (χ2v) is 6.87. The third kappa shape index (κ3) is 3.55. The summed E-state index contributed by atoms with van der Waals surface area (Å²) < 4.78 is 26.7. The zero-order valence-corrected chi connectivity index (χ0v) is 16.3. The lowest BCUT2D eigenvalue weighted by atomic mass is 10.1. The van der Waals surface area contributed by atoms with Crippen LogP contribution in [0.3, 0.4) is 0 Å². The van der Waals surface area contributed by atoms with Crippen molar-refractivity contribution in [3.05, 3.63) is 58.1 Å². The highest BCUT2D eigenvalue weighted by Crippen LogP contribution is 2.34. The van der Waals surface area contributed by atoms with E-state index in [2.05, 4.69) is 15.3 Å². The van der Waals surface area contributed by atoms with Crippen LogP contribution >= 0.6 is 12.2 Å². The number of hydrogen-bond acceptors (Lipinski definition) is 5. The molecule has 0 fully saturated rings. The molecule has 2 aromatic carbocycles. The highest BCUT2D eigenvalue weighted by Gasteiger charge is 2.21. The molecule has 2 heterocycles. The second-order valence-electron chi connectivity index (χ2n) is 6.48. The SMILES string of the molecule is CCOc1cc2c(cc1/C=N\n1c(-c3ccc(F)cc3)n[nH]c1=S)O[C@H](C)C2. The van der Waals surface area contributed by atoms with E-state index in [9.17, 15) is 4.39 Å². The molecule has 8 heteroatoms. The van der Waals surface area contributed by atoms with Gasteiger partial charge in [-0.05, 0) is 62.5 Å². The lowest BCUT2D eigenvalue weighted by molar-refractivity contribution is 0.254. The van der Waals surface area contributed by atoms with E-state index < -0.39 is 0 Å². The highest BCUT2D eigenvalue weighted by atomic mass is 32.1. The number of halogens is 1. The van der Waals surface area contributed by atoms with Crippen molar-refractivity contribution in [2.24, 2.45) is 5.10 Å². The Bertz CT molecular complexity index is 1090. The van der Waals surface area contributed by atoms with Gasteiger partial charge in [0.15, 0.2) is 5.82 Å². The molecule has 0 bridgehead atoms. The van der Waals surface area contributed by atoms with Crippen LogP contribution in [-0.4, -0.2) is 33.8 Å². The van der Waals surface area contributed by atoms with Crippen LogP contribution in [0.25, 0.3) is 11.4 Å². The summed E-state index contributed by atoms with van der Waals surface area (Å²) in [6.07, 6.45) is 2.66. The Morgan fingerprint density at radius 1 is 1.39 bits per heavy atom. The van der Waals surface area contributed by atoms with Gasteiger partial charge in [0.25, 0.3) is 0 Å². The van der Waals surface area contributed by atoms with Gasteiger partial charge in [-0.1, -0.05) is 0 Å². The first-order valence-corrected chi connectivity index (χ1v) is 9.40. The third-order valence-corrected chi connectivity index (χ3v) is 4.66. The first-order chi connectivity index (χ1) is 13.5. The maximum absolute atomic E-state index is 13.2. The van der Waals surface area contributed by atoms with Crippen LogP contribution in [0.1, 0.15) is 25.0 Å². The summed E-state index contributed by atoms with van der Waals surface area (Å²) in [5, 5.41) is 11.4. The van der Waals surface area contributed by atoms with Crippen LogP contribution in [0.5, 0.6) is 11.5 Å². The van der Waals surface area contributed by atoms with E-state index in [4.69, 9.17) is 21.7 Å². The van der Waals surface area contributed by atoms with E-state index in [1.54, 1.807) is 18.3 Å². The Morgan fingerprint density at radius 2 is 2.18 bits per heavy atom. The summed E-state index contributed by atoms with van der Waals surface area (Å²) in [6, 6.07) is 9.92. The standard InChI is InChI=1S/C20H19FN4O2S/c1-3-26-17-9-14-8-12(2)27-18(14)10-15(17)11-22-25-19(23-24-20(25)28)13-4-6-16(21)7-5-13/h4-7,9-12H,3,8H2,1-2H3,(H,24,28)/b22-11-/t12-/m1/s1. The van der Waals surface area contributed by atoms with Gasteiger partial charge >= 0.3 is 0 Å². The molecule has 1 aromatic heterocycles. The molecule has 0 saturated heterocycles. The summed E-state index contributed by atoms with van der Waals surface area (Å²) in [7, 11) is 0. The number of nitrogens with one attached hydrogen (secondary N) is 1. The molecule has 0 amide bonds. The van der Waals surface area contributed by atoms with Crippen LogP contribution in [-0.2, 0) is 6.42 Å². The van der Waals surface area contributed by atoms with E-state index in [-0.39, 0.29) is 11.9 Å². The molecule has 0 saturated carbocycles. The zero-order valence-electron chi connectivity index (χ0n) is 15.5. The van der Waals surface area contributed by atoms with Crippen molar-refractivity contribution in [3.63, 3.8) is 0 Å². The molecular formula is C20H19FN4O2S. The number of H-pyrrole nitrogens is 1. The normalized spacial score (nSPS) is 15.6. The Hall–Kier alpha value is -3.00. The maximum Gasteiger partial charge on any atom is 0.216 e. The van der Waals surface area contributed by atoms with Crippen molar-refractivity contribution in [2.75, 3.05) is 6.61 Å². The number of nitrogens with zero attached hydrogens (tertiary/aromatic N) is 3. The van der Waals surface area contributed by atoms with Crippen molar-refractivity contribution in [2.45, 2.75) is 26.4 Å². The fraction of sp³-hybridized carbons (Fsp3) is 0.250. The number of hydrogen-bond donors (Lipinski definition) is 1. The number of aromatic nitrogens is 3. The van der Waals surface area contributed by atoms with Crippen LogP contribution in [0.4, 0.5) is 4.39 Å². The van der Waals surface area contributed by atoms with E-state index in [0.717, 1.165) is 29.0 Å². The molecule has 1 aliphatic rings. The number of rotatable bonds is 5. The zero-order chi connectivity index (χ0) is 19.7. The number of aromatic amines is 1. The average molecular weight is 398 g/mol. The summed E-state index contributed by atoms with van der Waals surface area (Å²) in [6.45, 7) is 4.52. The first kappa shape index (κ1) is 18.4. The minimum Gasteiger partial charge on any atom is -0.493 e. The largest absolute Gasteiger partial charge is 0.493 e. The molecular weight excluding hydrogens is 379 g/mol. The Labute approximate surface area is 166 Å². The number of benzene rings is 2. The van der Waals surface area contributed by atoms with Crippen LogP contribution in [0.15, 0.2) is 41.5 Å². The molecule has 1 aliphatic heterocycles. The molecule has 0 unspecified atom stereocenters. The molecule has 28 heavy (non-hydrogen) atoms. The van der Waals surface area contributed by atoms with E-state index in [1.165, 1.54) is 16.8 Å². The van der Waals surface area contributed by atoms with Crippen LogP contribution < -0.4 is 9.47 Å². The molecule has 3 aromatic rings. The monoisotopic (exact) mass is 398 g/mol. The molecule has 6 nitrogen and oxygen atoms in total. The Morgan fingerprint density at radius 3 is 2.93 bits per heavy atom. The van der Waals surface area contributed by atoms with Gasteiger partial charge in [-0.3, -0.25) is 0 Å². The molecule has 0 radical (unpaired) electrons. The van der Waals surface area contributed by atoms with Crippen molar-refractivity contribution >= 4 is 18.4 Å². The minimum atomic E-state index is -0.318. The van der Waals surface area contributed by atoms with Gasteiger partial charge in [-0.25, -0.2) is 9.49 Å². The molecule has 144 valence electrons. The smallest absolute Gasteiger partial charge is 0.216 e. The lowest BCUT2D eigenvalue weighted by Crippen LogP contribution is -2.05. The van der Waals surface area contributed by atoms with Crippen LogP contribution in [0, 0.1) is 10.6 Å². The third-order valence-electron chi connectivity index (χ3n) is 4.39. The Balaban J connectivity index is 1.72. The number of fused-ring (bicyclic) bond motifs is 1. The van der Waals surface area contributed by atoms with E-state index >= 15 is 0 Å². The lowest BCUT2D eigenvalue weighted by Gasteiger charge is -2.09. The predicted molar refractivity (Wildman–Crippen MR) is 107 cm³/mol. The molecule has 0 spiro atoms. The van der Waals surface area contributed by atoms with Gasteiger partial charge in [-0.15, -0.1) is 0 Å². The Kier molecular flexibility index (Phi) is 4.95. The first-order valence-electron chi connectivity index (χ1n) is 8.99. The molecule has 1 N–H and O–H groups in total. The highest BCUT2D eigenvalue weighted by molar-refractivity contribution is 7.71. The number of ether oxygens (including phenoxy) is 2. The van der Waals surface area contributed by atoms with Gasteiger partial charge in [0, 0.05) is 23.1 Å². The second kappa shape index (κ2) is 7.55. The van der Waals surface area contributed by atoms with Crippen molar-refractivity contribution in [3.8, 4) is 22.9 Å². The van der Waals surface area contributed by atoms with Gasteiger partial charge in [0.2, 0.25) is 4.77 Å². The van der Waals surface area contributed by atoms with E-state index in [1.807, 2.05) is 26.0 Å². The fourth-order valence-corrected chi connectivity index (χ4v) is 3.32. The molecule has 4 rings (SSSR count). The van der Waals surface area contributed by atoms with Gasteiger partial charge in [0.1, 0.15) is 23.4 Å². The molecule has 1 atom stereocenters. The van der Waals surface area contributed by atoms with Gasteiger partial charge < -0.3 is 9.47 Å². The van der Waals surface area contributed by atoms with Crippen molar-refractivity contribution in [1.82, 2.24) is 14.9 Å². The summed E-state index contributed by atoms with van der Waals surface area (Å²) >= 11 is 5.29. The van der Waals surface area contributed by atoms with Crippen molar-refractivity contribution < 1.29 is 13.9 Å². The minimum absolute atomic E-state index is 0.143. The topological polar surface area (TPSA) is 64.4 Å². The van der Waals surface area contributed by atoms with Gasteiger partial charge in [0.05, 0.1) is 12.8 Å². The summed E-state index contributed by atoms with van der Waals surface area (Å²) in [5.74, 6) is 1.75. The average Bonchev–Trinajstić information content (AvgIpc) is 3.22. The van der Waals surface area contributed by atoms with Gasteiger partial charge in [-0.2, -0.15) is 14.9 Å². The summed E-state index contributed by atoms with van der Waals surface area (Å²) in [5.41, 5.74) is 2.60. The summed E-state index contributed by atoms with van der Waals surface area (Å²) in [4.78, 5) is 0.